The van der Waals surface area contributed by atoms with Crippen LogP contribution in [0.2, 0.25) is 0 Å². The molecule has 0 rings (SSSR count). The second-order valence-corrected chi connectivity index (χ2v) is 4.14. The Morgan fingerprint density at radius 1 is 1.12 bits per heavy atom. The van der Waals surface area contributed by atoms with Crippen molar-refractivity contribution < 1.29 is 40.6 Å². The molecule has 98 valence electrons. The molecule has 0 saturated heterocycles. The standard InChI is InChI=1S/C9H19NOS.CH3NOS.Na.H/c1-3-5-7-10(9(11)12)8-6-4-2;2-1(3)4;;/h3-8H2,1-2H3,(H,11,12);(H3,2,3,4);;/q;;+1;-1. The molecule has 0 heterocycles. The predicted octanol–water partition coefficient (Wildman–Crippen LogP) is 0.0498. The normalized spacial score (nSPS) is 8.47. The van der Waals surface area contributed by atoms with E-state index in [1.165, 1.54) is 0 Å². The van der Waals surface area contributed by atoms with Crippen molar-refractivity contribution in [2.45, 2.75) is 39.5 Å². The number of rotatable bonds is 6. The molecule has 0 aromatic rings. The molecule has 0 unspecified atom stereocenters. The number of hydrogen-bond acceptors (Lipinski definition) is 2. The fourth-order valence-electron chi connectivity index (χ4n) is 1.00. The van der Waals surface area contributed by atoms with Crippen molar-refractivity contribution in [2.24, 2.45) is 5.73 Å². The molecular formula is C10H23N2NaO2S2. The van der Waals surface area contributed by atoms with E-state index < -0.39 is 5.24 Å². The van der Waals surface area contributed by atoms with Gasteiger partial charge in [-0.05, 0) is 12.8 Å². The van der Waals surface area contributed by atoms with Gasteiger partial charge in [-0.15, -0.1) is 0 Å². The summed E-state index contributed by atoms with van der Waals surface area (Å²) in [5, 5.41) is -0.725. The van der Waals surface area contributed by atoms with Gasteiger partial charge in [-0.3, -0.25) is 9.59 Å². The van der Waals surface area contributed by atoms with Crippen LogP contribution in [0.5, 0.6) is 0 Å². The van der Waals surface area contributed by atoms with Gasteiger partial charge in [0, 0.05) is 13.1 Å². The first-order chi connectivity index (χ1) is 7.45. The van der Waals surface area contributed by atoms with Gasteiger partial charge in [0.2, 0.25) is 0 Å². The third kappa shape index (κ3) is 22.3. The zero-order valence-corrected chi connectivity index (χ0v) is 14.8. The zero-order valence-electron chi connectivity index (χ0n) is 12.0. The van der Waals surface area contributed by atoms with Gasteiger partial charge in [0.05, 0.1) is 0 Å². The van der Waals surface area contributed by atoms with E-state index in [0.29, 0.717) is 0 Å². The molecule has 0 aliphatic heterocycles. The Hall–Kier alpha value is 0.640. The molecule has 0 aliphatic carbocycles. The van der Waals surface area contributed by atoms with Crippen LogP contribution in [0.3, 0.4) is 0 Å². The average molecular weight is 290 g/mol. The number of thiol groups is 2. The molecule has 0 fully saturated rings. The third-order valence-electron chi connectivity index (χ3n) is 1.83. The molecule has 2 amide bonds. The summed E-state index contributed by atoms with van der Waals surface area (Å²) < 4.78 is 0. The minimum Gasteiger partial charge on any atom is -1.00 e. The average Bonchev–Trinajstić information content (AvgIpc) is 2.16. The monoisotopic (exact) mass is 290 g/mol. The van der Waals surface area contributed by atoms with Gasteiger partial charge in [0.1, 0.15) is 0 Å². The minimum absolute atomic E-state index is 0. The molecule has 7 heteroatoms. The molecule has 0 saturated carbocycles. The number of nitrogens with two attached hydrogens (primary N) is 1. The Balaban J connectivity index is -0.000000143. The molecule has 0 aromatic carbocycles. The zero-order chi connectivity index (χ0) is 13.0. The van der Waals surface area contributed by atoms with Crippen LogP contribution in [-0.2, 0) is 0 Å². The summed E-state index contributed by atoms with van der Waals surface area (Å²) in [7, 11) is 0. The van der Waals surface area contributed by atoms with E-state index >= 15 is 0 Å². The molecule has 4 nitrogen and oxygen atoms in total. The van der Waals surface area contributed by atoms with Gasteiger partial charge < -0.3 is 12.1 Å². The fourth-order valence-corrected chi connectivity index (χ4v) is 1.20. The predicted molar refractivity (Wildman–Crippen MR) is 75.5 cm³/mol. The quantitative estimate of drug-likeness (QED) is 0.478. The third-order valence-corrected chi connectivity index (χ3v) is 2.12. The van der Waals surface area contributed by atoms with E-state index in [9.17, 15) is 4.79 Å². The summed E-state index contributed by atoms with van der Waals surface area (Å²) >= 11 is 6.93. The van der Waals surface area contributed by atoms with Gasteiger partial charge >= 0.3 is 29.6 Å². The summed E-state index contributed by atoms with van der Waals surface area (Å²) in [5.74, 6) is 0. The number of carbonyl (C=O) groups is 2. The van der Waals surface area contributed by atoms with Crippen molar-refractivity contribution in [3.8, 4) is 0 Å². The number of amides is 2. The maximum Gasteiger partial charge on any atom is 1.00 e. The van der Waals surface area contributed by atoms with Crippen molar-refractivity contribution in [2.75, 3.05) is 13.1 Å². The Bertz CT molecular complexity index is 200. The van der Waals surface area contributed by atoms with Crippen LogP contribution in [0.25, 0.3) is 0 Å². The minimum atomic E-state index is -0.639. The number of carbonyl (C=O) groups excluding carboxylic acids is 2. The fraction of sp³-hybridized carbons (Fsp3) is 0.800. The van der Waals surface area contributed by atoms with Crippen molar-refractivity contribution in [1.29, 1.82) is 0 Å². The van der Waals surface area contributed by atoms with Gasteiger partial charge in [0.25, 0.3) is 10.5 Å². The van der Waals surface area contributed by atoms with Crippen molar-refractivity contribution >= 4 is 35.7 Å². The Kier molecular flexibility index (Phi) is 22.3. The van der Waals surface area contributed by atoms with Crippen molar-refractivity contribution in [3.63, 3.8) is 0 Å². The largest absolute Gasteiger partial charge is 1.00 e. The topological polar surface area (TPSA) is 63.4 Å². The summed E-state index contributed by atoms with van der Waals surface area (Å²) in [6, 6.07) is 0. The first-order valence-electron chi connectivity index (χ1n) is 5.41. The number of hydrogen-bond donors (Lipinski definition) is 3. The maximum absolute atomic E-state index is 10.9. The van der Waals surface area contributed by atoms with Crippen LogP contribution in [0.4, 0.5) is 9.59 Å². The van der Waals surface area contributed by atoms with Crippen LogP contribution >= 0.6 is 25.3 Å². The molecule has 0 bridgehead atoms. The molecule has 0 aromatic heterocycles. The number of nitrogens with zero attached hydrogens (tertiary/aromatic N) is 1. The molecule has 0 atom stereocenters. The van der Waals surface area contributed by atoms with Gasteiger partial charge in [0.15, 0.2) is 0 Å². The van der Waals surface area contributed by atoms with E-state index in [4.69, 9.17) is 4.79 Å². The summed E-state index contributed by atoms with van der Waals surface area (Å²) in [6.07, 6.45) is 4.42. The second kappa shape index (κ2) is 16.6. The van der Waals surface area contributed by atoms with E-state index in [2.05, 4.69) is 44.8 Å². The molecule has 0 spiro atoms. The van der Waals surface area contributed by atoms with Crippen LogP contribution < -0.4 is 35.3 Å². The maximum atomic E-state index is 10.9. The summed E-state index contributed by atoms with van der Waals surface area (Å²) in [6.45, 7) is 5.97. The first-order valence-corrected chi connectivity index (χ1v) is 6.31. The van der Waals surface area contributed by atoms with Gasteiger partial charge in [-0.2, -0.15) is 0 Å². The summed E-state index contributed by atoms with van der Waals surface area (Å²) in [5.41, 5.74) is 4.34. The molecule has 0 radical (unpaired) electrons. The number of unbranched alkanes of at least 4 members (excludes halogenated alkanes) is 2. The van der Waals surface area contributed by atoms with E-state index in [1.807, 2.05) is 4.90 Å². The Morgan fingerprint density at radius 2 is 1.41 bits per heavy atom. The van der Waals surface area contributed by atoms with Gasteiger partial charge in [-0.1, -0.05) is 51.9 Å². The van der Waals surface area contributed by atoms with Crippen LogP contribution in [0.15, 0.2) is 0 Å². The number of primary amides is 1. The van der Waals surface area contributed by atoms with Crippen LogP contribution in [0, 0.1) is 0 Å². The van der Waals surface area contributed by atoms with Crippen LogP contribution in [-0.4, -0.2) is 28.5 Å². The van der Waals surface area contributed by atoms with Crippen molar-refractivity contribution in [3.05, 3.63) is 0 Å². The SMILES string of the molecule is CCCCN(CCCC)C(=O)S.NC(=O)S.[H-].[Na+]. The van der Waals surface area contributed by atoms with E-state index in [0.717, 1.165) is 38.8 Å². The van der Waals surface area contributed by atoms with Crippen molar-refractivity contribution in [1.82, 2.24) is 4.90 Å². The second-order valence-electron chi connectivity index (χ2n) is 3.31. The molecular weight excluding hydrogens is 267 g/mol. The Morgan fingerprint density at radius 3 is 1.59 bits per heavy atom. The first kappa shape index (κ1) is 22.8. The molecule has 2 N–H and O–H groups in total. The van der Waals surface area contributed by atoms with E-state index in [1.54, 1.807) is 0 Å². The summed E-state index contributed by atoms with van der Waals surface area (Å²) in [4.78, 5) is 21.8. The van der Waals surface area contributed by atoms with Crippen LogP contribution in [0.1, 0.15) is 41.0 Å². The molecule has 0 aliphatic rings. The molecule has 17 heavy (non-hydrogen) atoms. The Labute approximate surface area is 139 Å². The van der Waals surface area contributed by atoms with Gasteiger partial charge in [-0.25, -0.2) is 0 Å². The smallest absolute Gasteiger partial charge is 1.00 e. The van der Waals surface area contributed by atoms with E-state index in [-0.39, 0.29) is 36.2 Å².